The number of rotatable bonds is 5. The van der Waals surface area contributed by atoms with E-state index >= 15 is 0 Å². The quantitative estimate of drug-likeness (QED) is 0.804. The number of aromatic nitrogens is 2. The molecule has 0 spiro atoms. The van der Waals surface area contributed by atoms with Gasteiger partial charge in [0.2, 0.25) is 5.88 Å². The molecule has 0 amide bonds. The molecule has 0 aliphatic carbocycles. The first-order valence-corrected chi connectivity index (χ1v) is 9.46. The molecule has 1 aliphatic heterocycles. The number of aliphatic hydroxyl groups excluding tert-OH is 1. The fourth-order valence-corrected chi connectivity index (χ4v) is 3.45. The number of ether oxygens (including phenoxy) is 3. The predicted octanol–water partition coefficient (Wildman–Crippen LogP) is 4.27. The summed E-state index contributed by atoms with van der Waals surface area (Å²) in [5.41, 5.74) is -0.292. The maximum absolute atomic E-state index is 13.1. The van der Waals surface area contributed by atoms with Crippen molar-refractivity contribution in [3.63, 3.8) is 0 Å². The van der Waals surface area contributed by atoms with Crippen molar-refractivity contribution in [2.45, 2.75) is 52.2 Å². The molecule has 7 nitrogen and oxygen atoms in total. The molecule has 0 radical (unpaired) electrons. The Morgan fingerprint density at radius 2 is 1.86 bits per heavy atom. The van der Waals surface area contributed by atoms with Crippen molar-refractivity contribution in [3.8, 4) is 17.6 Å². The lowest BCUT2D eigenvalue weighted by molar-refractivity contribution is -0.158. The van der Waals surface area contributed by atoms with Crippen LogP contribution < -0.4 is 9.47 Å². The molecule has 2 heterocycles. The van der Waals surface area contributed by atoms with E-state index in [4.69, 9.17) is 14.2 Å². The van der Waals surface area contributed by atoms with Crippen LogP contribution in [0.4, 0.5) is 0 Å². The van der Waals surface area contributed by atoms with Gasteiger partial charge in [0.15, 0.2) is 5.78 Å². The first-order chi connectivity index (χ1) is 13.6. The van der Waals surface area contributed by atoms with Crippen LogP contribution in [0.2, 0.25) is 0 Å². The minimum atomic E-state index is -1.07. The Morgan fingerprint density at radius 3 is 2.52 bits per heavy atom. The second-order valence-electron chi connectivity index (χ2n) is 7.83. The van der Waals surface area contributed by atoms with E-state index in [1.54, 1.807) is 45.9 Å². The third-order valence-corrected chi connectivity index (χ3v) is 4.85. The smallest absolute Gasteiger partial charge is 0.325 e. The van der Waals surface area contributed by atoms with Gasteiger partial charge in [-0.1, -0.05) is 13.0 Å². The number of carbonyl (C=O) groups is 1. The summed E-state index contributed by atoms with van der Waals surface area (Å²) in [5.74, 6) is 0.453. The third kappa shape index (κ3) is 3.96. The topological polar surface area (TPSA) is 90.8 Å². The van der Waals surface area contributed by atoms with E-state index in [1.165, 1.54) is 13.3 Å². The van der Waals surface area contributed by atoms with Gasteiger partial charge in [-0.3, -0.25) is 4.79 Å². The predicted molar refractivity (Wildman–Crippen MR) is 108 cm³/mol. The summed E-state index contributed by atoms with van der Waals surface area (Å²) in [4.78, 5) is 21.4. The minimum absolute atomic E-state index is 0.0914. The summed E-state index contributed by atoms with van der Waals surface area (Å²) >= 11 is 0. The molecule has 0 unspecified atom stereocenters. The number of Topliss-reactive ketones (excluding diaryl/α,β-unsaturated/α-hetero) is 1. The van der Waals surface area contributed by atoms with E-state index < -0.39 is 11.2 Å². The van der Waals surface area contributed by atoms with Crippen molar-refractivity contribution in [3.05, 3.63) is 47.3 Å². The van der Waals surface area contributed by atoms with Crippen molar-refractivity contribution in [2.24, 2.45) is 0 Å². The van der Waals surface area contributed by atoms with Crippen LogP contribution in [0, 0.1) is 0 Å². The Morgan fingerprint density at radius 1 is 1.14 bits per heavy atom. The summed E-state index contributed by atoms with van der Waals surface area (Å²) in [6.07, 6.45) is 2.21. The maximum Gasteiger partial charge on any atom is 0.325 e. The van der Waals surface area contributed by atoms with Crippen LogP contribution in [-0.2, 0) is 16.0 Å². The van der Waals surface area contributed by atoms with Crippen LogP contribution in [0.25, 0.3) is 5.57 Å². The second kappa shape index (κ2) is 7.48. The monoisotopic (exact) mass is 398 g/mol. The molecule has 2 aromatic rings. The fraction of sp³-hybridized carbons (Fsp3) is 0.409. The summed E-state index contributed by atoms with van der Waals surface area (Å²) in [5, 5.41) is 10.9. The second-order valence-corrected chi connectivity index (χ2v) is 7.83. The minimum Gasteiger partial charge on any atom is -0.508 e. The highest BCUT2D eigenvalue weighted by Crippen LogP contribution is 2.41. The van der Waals surface area contributed by atoms with Gasteiger partial charge in [-0.05, 0) is 57.4 Å². The normalized spacial score (nSPS) is 17.9. The molecule has 0 saturated heterocycles. The largest absolute Gasteiger partial charge is 0.508 e. The number of nitrogens with zero attached hydrogens (tertiary/aromatic N) is 2. The van der Waals surface area contributed by atoms with E-state index in [-0.39, 0.29) is 23.1 Å². The molecular formula is C22H26N2O5. The van der Waals surface area contributed by atoms with Gasteiger partial charge in [0.1, 0.15) is 22.7 Å². The van der Waals surface area contributed by atoms with Gasteiger partial charge in [0.25, 0.3) is 0 Å². The highest BCUT2D eigenvalue weighted by Gasteiger charge is 2.47. The lowest BCUT2D eigenvalue weighted by Crippen LogP contribution is -2.49. The Hall–Kier alpha value is -2.93. The van der Waals surface area contributed by atoms with E-state index in [1.807, 2.05) is 13.0 Å². The van der Waals surface area contributed by atoms with Gasteiger partial charge in [-0.15, -0.1) is 0 Å². The average Bonchev–Trinajstić information content (AvgIpc) is 2.66. The standard InChI is InChI=1S/C22H26N2O5/c1-7-13-8-9-14(28-20-23-11-10-16(24-20)27-6)12-15(13)17-18(25)21(2,3)29-22(4,5)19(17)26/h8-12,25H,7H2,1-6H3. The van der Waals surface area contributed by atoms with E-state index in [0.29, 0.717) is 23.6 Å². The average molecular weight is 398 g/mol. The fourth-order valence-electron chi connectivity index (χ4n) is 3.45. The molecule has 1 aliphatic rings. The number of hydrogen-bond donors (Lipinski definition) is 1. The molecular weight excluding hydrogens is 372 g/mol. The maximum atomic E-state index is 13.1. The summed E-state index contributed by atoms with van der Waals surface area (Å²) in [7, 11) is 1.51. The van der Waals surface area contributed by atoms with Crippen molar-refractivity contribution in [1.29, 1.82) is 0 Å². The van der Waals surface area contributed by atoms with Crippen LogP contribution in [0.1, 0.15) is 45.7 Å². The zero-order valence-electron chi connectivity index (χ0n) is 17.6. The number of carbonyl (C=O) groups excluding carboxylic acids is 1. The van der Waals surface area contributed by atoms with Gasteiger partial charge in [-0.2, -0.15) is 4.98 Å². The molecule has 0 bridgehead atoms. The number of methoxy groups -OCH3 is 1. The summed E-state index contributed by atoms with van der Waals surface area (Å²) in [6.45, 7) is 8.89. The third-order valence-electron chi connectivity index (χ3n) is 4.85. The molecule has 1 aromatic carbocycles. The lowest BCUT2D eigenvalue weighted by Gasteiger charge is -2.40. The van der Waals surface area contributed by atoms with Gasteiger partial charge >= 0.3 is 6.01 Å². The molecule has 3 rings (SSSR count). The molecule has 1 N–H and O–H groups in total. The van der Waals surface area contributed by atoms with Crippen LogP contribution in [-0.4, -0.2) is 39.2 Å². The Balaban J connectivity index is 2.11. The molecule has 29 heavy (non-hydrogen) atoms. The number of ketones is 1. The first kappa shape index (κ1) is 20.8. The van der Waals surface area contributed by atoms with Crippen LogP contribution >= 0.6 is 0 Å². The van der Waals surface area contributed by atoms with Gasteiger partial charge in [0, 0.05) is 12.3 Å². The molecule has 1 aromatic heterocycles. The Kier molecular flexibility index (Phi) is 5.36. The van der Waals surface area contributed by atoms with Crippen LogP contribution in [0.3, 0.4) is 0 Å². The highest BCUT2D eigenvalue weighted by molar-refractivity contribution is 6.26. The Bertz CT molecular complexity index is 979. The van der Waals surface area contributed by atoms with Crippen molar-refractivity contribution in [1.82, 2.24) is 9.97 Å². The zero-order valence-corrected chi connectivity index (χ0v) is 17.6. The van der Waals surface area contributed by atoms with Crippen LogP contribution in [0.15, 0.2) is 36.2 Å². The van der Waals surface area contributed by atoms with Gasteiger partial charge in [-0.25, -0.2) is 4.98 Å². The molecule has 7 heteroatoms. The molecule has 0 atom stereocenters. The summed E-state index contributed by atoms with van der Waals surface area (Å²) in [6, 6.07) is 7.11. The number of benzene rings is 1. The zero-order chi connectivity index (χ0) is 21.4. The SMILES string of the molecule is CCc1ccc(Oc2nccc(OC)n2)cc1C1=C(O)C(C)(C)OC(C)(C)C1=O. The Labute approximate surface area is 170 Å². The highest BCUT2D eigenvalue weighted by atomic mass is 16.5. The number of hydrogen-bond acceptors (Lipinski definition) is 7. The lowest BCUT2D eigenvalue weighted by atomic mass is 9.81. The van der Waals surface area contributed by atoms with Crippen molar-refractivity contribution < 1.29 is 24.1 Å². The number of aliphatic hydroxyl groups is 1. The molecule has 154 valence electrons. The number of aryl methyl sites for hydroxylation is 1. The van der Waals surface area contributed by atoms with E-state index in [0.717, 1.165) is 5.56 Å². The molecule has 0 saturated carbocycles. The summed E-state index contributed by atoms with van der Waals surface area (Å²) < 4.78 is 16.7. The van der Waals surface area contributed by atoms with Gasteiger partial charge < -0.3 is 19.3 Å². The van der Waals surface area contributed by atoms with Gasteiger partial charge in [0.05, 0.1) is 12.7 Å². The first-order valence-electron chi connectivity index (χ1n) is 9.46. The van der Waals surface area contributed by atoms with Crippen LogP contribution in [0.5, 0.6) is 17.6 Å². The van der Waals surface area contributed by atoms with Crippen molar-refractivity contribution >= 4 is 11.4 Å². The van der Waals surface area contributed by atoms with E-state index in [2.05, 4.69) is 9.97 Å². The van der Waals surface area contributed by atoms with E-state index in [9.17, 15) is 9.90 Å². The molecule has 0 fully saturated rings. The van der Waals surface area contributed by atoms with Crippen molar-refractivity contribution in [2.75, 3.05) is 7.11 Å².